The summed E-state index contributed by atoms with van der Waals surface area (Å²) in [7, 11) is 0. The number of rotatable bonds is 1. The van der Waals surface area contributed by atoms with Crippen LogP contribution in [-0.4, -0.2) is 11.5 Å². The third-order valence-electron chi connectivity index (χ3n) is 3.64. The number of aromatic nitrogens is 1. The molecule has 19 heavy (non-hydrogen) atoms. The summed E-state index contributed by atoms with van der Waals surface area (Å²) in [6.07, 6.45) is 1.02. The zero-order valence-corrected chi connectivity index (χ0v) is 12.4. The fourth-order valence-electron chi connectivity index (χ4n) is 2.51. The van der Waals surface area contributed by atoms with Crippen molar-refractivity contribution in [3.8, 4) is 0 Å². The fraction of sp³-hybridized carbons (Fsp3) is 0.267. The minimum Gasteiger partial charge on any atom is -0.398 e. The summed E-state index contributed by atoms with van der Waals surface area (Å²) >= 11 is 3.49. The monoisotopic (exact) mass is 317 g/mol. The molecular weight excluding hydrogens is 302 g/mol. The minimum atomic E-state index is 0.843. The van der Waals surface area contributed by atoms with Crippen LogP contribution >= 0.6 is 15.9 Å². The molecule has 0 aliphatic carbocycles. The van der Waals surface area contributed by atoms with Crippen LogP contribution in [0.3, 0.4) is 0 Å². The normalized spacial score (nSPS) is 14.3. The van der Waals surface area contributed by atoms with E-state index in [1.807, 2.05) is 19.1 Å². The minimum absolute atomic E-state index is 0.843. The molecular formula is C15H16BrN3. The number of halogens is 1. The van der Waals surface area contributed by atoms with Crippen LogP contribution in [0.15, 0.2) is 34.8 Å². The molecule has 0 saturated heterocycles. The molecule has 0 radical (unpaired) electrons. The topological polar surface area (TPSA) is 42.2 Å². The summed E-state index contributed by atoms with van der Waals surface area (Å²) in [5, 5.41) is 0. The van der Waals surface area contributed by atoms with Crippen LogP contribution in [-0.2, 0) is 13.0 Å². The van der Waals surface area contributed by atoms with Crippen molar-refractivity contribution in [2.75, 3.05) is 17.2 Å². The van der Waals surface area contributed by atoms with Gasteiger partial charge in [0.05, 0.1) is 5.69 Å². The maximum atomic E-state index is 6.08. The highest BCUT2D eigenvalue weighted by Gasteiger charge is 2.19. The summed E-state index contributed by atoms with van der Waals surface area (Å²) in [4.78, 5) is 6.93. The van der Waals surface area contributed by atoms with Crippen LogP contribution in [0.2, 0.25) is 0 Å². The molecule has 2 aromatic rings. The average Bonchev–Trinajstić information content (AvgIpc) is 2.42. The van der Waals surface area contributed by atoms with Crippen LogP contribution < -0.4 is 10.6 Å². The van der Waals surface area contributed by atoms with E-state index in [1.165, 1.54) is 11.1 Å². The summed E-state index contributed by atoms with van der Waals surface area (Å²) < 4.78 is 1.05. The third kappa shape index (κ3) is 2.32. The van der Waals surface area contributed by atoms with Gasteiger partial charge in [-0.2, -0.15) is 0 Å². The van der Waals surface area contributed by atoms with Gasteiger partial charge in [0.2, 0.25) is 0 Å². The number of pyridine rings is 1. The van der Waals surface area contributed by atoms with Crippen LogP contribution in [0.5, 0.6) is 0 Å². The Kier molecular flexibility index (Phi) is 3.19. The Labute approximate surface area is 121 Å². The number of aryl methyl sites for hydroxylation is 1. The molecule has 1 aromatic carbocycles. The number of nitrogen functional groups attached to an aromatic ring is 1. The molecule has 1 aromatic heterocycles. The van der Waals surface area contributed by atoms with Gasteiger partial charge in [-0.1, -0.05) is 12.1 Å². The molecule has 0 spiro atoms. The quantitative estimate of drug-likeness (QED) is 0.821. The standard InChI is InChI=1S/C15H16BrN3/c1-10-13(16)5-6-15(18-10)19-8-7-11-3-2-4-14(17)12(11)9-19/h2-6H,7-9,17H2,1H3. The highest BCUT2D eigenvalue weighted by molar-refractivity contribution is 9.10. The van der Waals surface area contributed by atoms with Crippen LogP contribution in [0, 0.1) is 6.92 Å². The summed E-state index contributed by atoms with van der Waals surface area (Å²) in [6.45, 7) is 3.85. The van der Waals surface area contributed by atoms with Crippen LogP contribution in [0.25, 0.3) is 0 Å². The Hall–Kier alpha value is -1.55. The van der Waals surface area contributed by atoms with E-state index in [0.29, 0.717) is 0 Å². The Morgan fingerprint density at radius 1 is 1.26 bits per heavy atom. The fourth-order valence-corrected chi connectivity index (χ4v) is 2.73. The highest BCUT2D eigenvalue weighted by Crippen LogP contribution is 2.28. The molecule has 0 amide bonds. The van der Waals surface area contributed by atoms with Gasteiger partial charge in [-0.05, 0) is 58.6 Å². The zero-order valence-electron chi connectivity index (χ0n) is 10.9. The van der Waals surface area contributed by atoms with E-state index in [-0.39, 0.29) is 0 Å². The van der Waals surface area contributed by atoms with Crippen molar-refractivity contribution in [2.45, 2.75) is 19.9 Å². The van der Waals surface area contributed by atoms with E-state index < -0.39 is 0 Å². The summed E-state index contributed by atoms with van der Waals surface area (Å²) in [5.41, 5.74) is 10.6. The van der Waals surface area contributed by atoms with Crippen molar-refractivity contribution < 1.29 is 0 Å². The van der Waals surface area contributed by atoms with Gasteiger partial charge in [-0.25, -0.2) is 4.98 Å². The molecule has 98 valence electrons. The summed E-state index contributed by atoms with van der Waals surface area (Å²) in [6, 6.07) is 10.3. The first-order valence-corrected chi connectivity index (χ1v) is 7.19. The van der Waals surface area contributed by atoms with Crippen molar-refractivity contribution in [1.29, 1.82) is 0 Å². The third-order valence-corrected chi connectivity index (χ3v) is 4.48. The second kappa shape index (κ2) is 4.85. The predicted octanol–water partition coefficient (Wildman–Crippen LogP) is 3.30. The second-order valence-corrected chi connectivity index (χ2v) is 5.75. The molecule has 0 bridgehead atoms. The number of nitrogens with zero attached hydrogens (tertiary/aromatic N) is 2. The molecule has 1 aliphatic heterocycles. The largest absolute Gasteiger partial charge is 0.398 e. The number of hydrogen-bond donors (Lipinski definition) is 1. The number of anilines is 2. The van der Waals surface area contributed by atoms with Crippen molar-refractivity contribution in [1.82, 2.24) is 4.98 Å². The Morgan fingerprint density at radius 2 is 2.11 bits per heavy atom. The molecule has 0 saturated carbocycles. The van der Waals surface area contributed by atoms with Crippen molar-refractivity contribution in [2.24, 2.45) is 0 Å². The maximum absolute atomic E-state index is 6.08. The zero-order chi connectivity index (χ0) is 13.4. The van der Waals surface area contributed by atoms with Crippen LogP contribution in [0.1, 0.15) is 16.8 Å². The molecule has 3 nitrogen and oxygen atoms in total. The van der Waals surface area contributed by atoms with Gasteiger partial charge in [0, 0.05) is 23.2 Å². The van der Waals surface area contributed by atoms with Gasteiger partial charge in [0.25, 0.3) is 0 Å². The number of benzene rings is 1. The van der Waals surface area contributed by atoms with Gasteiger partial charge >= 0.3 is 0 Å². The van der Waals surface area contributed by atoms with Crippen molar-refractivity contribution in [3.63, 3.8) is 0 Å². The lowest BCUT2D eigenvalue weighted by atomic mass is 9.98. The SMILES string of the molecule is Cc1nc(N2CCc3cccc(N)c3C2)ccc1Br. The Bertz CT molecular complexity index is 625. The van der Waals surface area contributed by atoms with E-state index in [2.05, 4.69) is 44.0 Å². The first kappa shape index (κ1) is 12.5. The molecule has 1 aliphatic rings. The first-order chi connectivity index (χ1) is 9.15. The maximum Gasteiger partial charge on any atom is 0.129 e. The second-order valence-electron chi connectivity index (χ2n) is 4.89. The number of hydrogen-bond acceptors (Lipinski definition) is 3. The van der Waals surface area contributed by atoms with Gasteiger partial charge in [0.1, 0.15) is 5.82 Å². The van der Waals surface area contributed by atoms with E-state index in [1.54, 1.807) is 0 Å². The van der Waals surface area contributed by atoms with Gasteiger partial charge in [0.15, 0.2) is 0 Å². The summed E-state index contributed by atoms with van der Waals surface area (Å²) in [5.74, 6) is 1.02. The molecule has 2 N–H and O–H groups in total. The molecule has 0 unspecified atom stereocenters. The van der Waals surface area contributed by atoms with Crippen molar-refractivity contribution in [3.05, 3.63) is 51.6 Å². The first-order valence-electron chi connectivity index (χ1n) is 6.39. The molecule has 4 heteroatoms. The molecule has 0 atom stereocenters. The van der Waals surface area contributed by atoms with E-state index >= 15 is 0 Å². The van der Waals surface area contributed by atoms with Gasteiger partial charge < -0.3 is 10.6 Å². The smallest absolute Gasteiger partial charge is 0.129 e. The van der Waals surface area contributed by atoms with Gasteiger partial charge in [-0.3, -0.25) is 0 Å². The molecule has 2 heterocycles. The molecule has 0 fully saturated rings. The molecule has 3 rings (SSSR count). The highest BCUT2D eigenvalue weighted by atomic mass is 79.9. The van der Waals surface area contributed by atoms with E-state index in [0.717, 1.165) is 41.2 Å². The predicted molar refractivity (Wildman–Crippen MR) is 82.3 cm³/mol. The number of nitrogens with two attached hydrogens (primary N) is 1. The van der Waals surface area contributed by atoms with Gasteiger partial charge in [-0.15, -0.1) is 0 Å². The van der Waals surface area contributed by atoms with E-state index in [9.17, 15) is 0 Å². The Balaban J connectivity index is 1.93. The van der Waals surface area contributed by atoms with E-state index in [4.69, 9.17) is 5.73 Å². The average molecular weight is 318 g/mol. The van der Waals surface area contributed by atoms with Crippen LogP contribution in [0.4, 0.5) is 11.5 Å². The number of fused-ring (bicyclic) bond motifs is 1. The lowest BCUT2D eigenvalue weighted by molar-refractivity contribution is 0.721. The Morgan fingerprint density at radius 3 is 2.89 bits per heavy atom. The lowest BCUT2D eigenvalue weighted by Gasteiger charge is -2.30. The lowest BCUT2D eigenvalue weighted by Crippen LogP contribution is -2.31. The van der Waals surface area contributed by atoms with Crippen molar-refractivity contribution >= 4 is 27.4 Å².